The van der Waals surface area contributed by atoms with Crippen molar-refractivity contribution in [2.45, 2.75) is 19.5 Å². The molecule has 0 aliphatic carbocycles. The lowest BCUT2D eigenvalue weighted by atomic mass is 10.0. The van der Waals surface area contributed by atoms with Gasteiger partial charge in [-0.05, 0) is 44.2 Å². The van der Waals surface area contributed by atoms with Crippen LogP contribution in [0.2, 0.25) is 0 Å². The molecule has 0 aromatic heterocycles. The Bertz CT molecular complexity index is 969. The van der Waals surface area contributed by atoms with Crippen LogP contribution in [-0.4, -0.2) is 31.0 Å². The van der Waals surface area contributed by atoms with Crippen molar-refractivity contribution in [3.8, 4) is 5.75 Å². The average Bonchev–Trinajstić information content (AvgIpc) is 2.91. The Morgan fingerprint density at radius 3 is 2.61 bits per heavy atom. The van der Waals surface area contributed by atoms with E-state index >= 15 is 0 Å². The van der Waals surface area contributed by atoms with Crippen molar-refractivity contribution in [1.82, 2.24) is 5.32 Å². The maximum Gasteiger partial charge on any atom is 0.282 e. The Hall–Kier alpha value is -3.55. The molecule has 2 aromatic rings. The normalized spacial score (nSPS) is 20.4. The lowest BCUT2D eigenvalue weighted by Gasteiger charge is -2.27. The molecule has 0 saturated heterocycles. The Kier molecular flexibility index (Phi) is 4.38. The van der Waals surface area contributed by atoms with E-state index in [1.54, 1.807) is 4.90 Å². The number of carbonyl (C=O) groups is 1. The topological polar surface area (TPSA) is 104 Å². The number of aliphatic imine (C=N–C) groups is 2. The highest BCUT2D eigenvalue weighted by Gasteiger charge is 2.52. The van der Waals surface area contributed by atoms with Gasteiger partial charge in [0.1, 0.15) is 5.75 Å². The molecular formula is C20H22N6O2. The number of anilines is 2. The summed E-state index contributed by atoms with van der Waals surface area (Å²) in [7, 11) is 0. The molecule has 2 aliphatic heterocycles. The first kappa shape index (κ1) is 17.8. The number of rotatable bonds is 4. The summed E-state index contributed by atoms with van der Waals surface area (Å²) in [6.07, 6.45) is 0. The Morgan fingerprint density at radius 2 is 1.89 bits per heavy atom. The molecule has 0 unspecified atom stereocenters. The minimum absolute atomic E-state index is 0.129. The van der Waals surface area contributed by atoms with E-state index < -0.39 is 5.66 Å². The van der Waals surface area contributed by atoms with E-state index in [1.165, 1.54) is 0 Å². The molecular weight excluding hydrogens is 356 g/mol. The number of para-hydroxylation sites is 1. The van der Waals surface area contributed by atoms with Crippen LogP contribution >= 0.6 is 0 Å². The van der Waals surface area contributed by atoms with Gasteiger partial charge in [0.25, 0.3) is 11.6 Å². The minimum atomic E-state index is -1.41. The first-order chi connectivity index (χ1) is 13.6. The molecule has 2 heterocycles. The van der Waals surface area contributed by atoms with Crippen LogP contribution in [0.15, 0.2) is 58.5 Å². The highest BCUT2D eigenvalue weighted by molar-refractivity contribution is 6.14. The quantitative estimate of drug-likeness (QED) is 0.755. The smallest absolute Gasteiger partial charge is 0.282 e. The molecule has 0 fully saturated rings. The summed E-state index contributed by atoms with van der Waals surface area (Å²) in [4.78, 5) is 23.9. The van der Waals surface area contributed by atoms with Gasteiger partial charge in [-0.1, -0.05) is 18.2 Å². The number of hydrogen-bond acceptors (Lipinski definition) is 7. The molecule has 0 saturated carbocycles. The SMILES string of the molecule is CCOc1ccc(NC2=N[C@]3(N=C(N)N2)C(=O)N(CC)c2ccccc23)cc1. The van der Waals surface area contributed by atoms with Crippen molar-refractivity contribution in [2.24, 2.45) is 15.7 Å². The number of fused-ring (bicyclic) bond motifs is 2. The second-order valence-corrected chi connectivity index (χ2v) is 6.40. The van der Waals surface area contributed by atoms with Crippen molar-refractivity contribution in [2.75, 3.05) is 23.4 Å². The lowest BCUT2D eigenvalue weighted by Crippen LogP contribution is -2.51. The van der Waals surface area contributed by atoms with Gasteiger partial charge in [0, 0.05) is 17.8 Å². The molecule has 8 nitrogen and oxygen atoms in total. The molecule has 144 valence electrons. The fraction of sp³-hybridized carbons (Fsp3) is 0.250. The summed E-state index contributed by atoms with van der Waals surface area (Å²) < 4.78 is 5.46. The van der Waals surface area contributed by atoms with Gasteiger partial charge in [-0.15, -0.1) is 0 Å². The van der Waals surface area contributed by atoms with Gasteiger partial charge in [0.2, 0.25) is 5.96 Å². The van der Waals surface area contributed by atoms with Gasteiger partial charge in [-0.25, -0.2) is 9.98 Å². The molecule has 28 heavy (non-hydrogen) atoms. The Labute approximate surface area is 163 Å². The number of nitrogens with zero attached hydrogens (tertiary/aromatic N) is 3. The number of nitrogens with two attached hydrogens (primary N) is 1. The summed E-state index contributed by atoms with van der Waals surface area (Å²) >= 11 is 0. The van der Waals surface area contributed by atoms with Crippen LogP contribution in [0.5, 0.6) is 5.75 Å². The second kappa shape index (κ2) is 6.88. The van der Waals surface area contributed by atoms with Gasteiger partial charge in [-0.2, -0.15) is 0 Å². The molecule has 1 atom stereocenters. The molecule has 2 aliphatic rings. The third kappa shape index (κ3) is 2.83. The number of likely N-dealkylation sites (N-methyl/N-ethyl adjacent to an activating group) is 1. The molecule has 4 N–H and O–H groups in total. The summed E-state index contributed by atoms with van der Waals surface area (Å²) in [6.45, 7) is 4.98. The average molecular weight is 378 g/mol. The number of benzene rings is 2. The number of nitrogens with one attached hydrogen (secondary N) is 2. The molecule has 8 heteroatoms. The van der Waals surface area contributed by atoms with Gasteiger partial charge >= 0.3 is 0 Å². The molecule has 4 rings (SSSR count). The van der Waals surface area contributed by atoms with E-state index in [0.717, 1.165) is 22.7 Å². The van der Waals surface area contributed by atoms with Crippen molar-refractivity contribution in [1.29, 1.82) is 0 Å². The third-order valence-corrected chi connectivity index (χ3v) is 4.66. The monoisotopic (exact) mass is 378 g/mol. The highest BCUT2D eigenvalue weighted by atomic mass is 16.5. The lowest BCUT2D eigenvalue weighted by molar-refractivity contribution is -0.122. The summed E-state index contributed by atoms with van der Waals surface area (Å²) in [5.74, 6) is 1.05. The Morgan fingerprint density at radius 1 is 1.14 bits per heavy atom. The fourth-order valence-corrected chi connectivity index (χ4v) is 3.48. The van der Waals surface area contributed by atoms with Crippen LogP contribution in [-0.2, 0) is 10.5 Å². The molecule has 1 spiro atoms. The number of ether oxygens (including phenoxy) is 1. The van der Waals surface area contributed by atoms with Crippen molar-refractivity contribution in [3.05, 3.63) is 54.1 Å². The van der Waals surface area contributed by atoms with Gasteiger partial charge in [0.05, 0.1) is 12.3 Å². The number of hydrogen-bond donors (Lipinski definition) is 3. The molecule has 0 bridgehead atoms. The number of amides is 1. The van der Waals surface area contributed by atoms with Crippen molar-refractivity contribution < 1.29 is 9.53 Å². The second-order valence-electron chi connectivity index (χ2n) is 6.40. The largest absolute Gasteiger partial charge is 0.494 e. The number of guanidine groups is 2. The highest BCUT2D eigenvalue weighted by Crippen LogP contribution is 2.44. The first-order valence-corrected chi connectivity index (χ1v) is 9.21. The van der Waals surface area contributed by atoms with E-state index in [4.69, 9.17) is 10.5 Å². The van der Waals surface area contributed by atoms with Crippen LogP contribution in [0.3, 0.4) is 0 Å². The van der Waals surface area contributed by atoms with Crippen molar-refractivity contribution >= 4 is 29.2 Å². The van der Waals surface area contributed by atoms with Gasteiger partial charge in [-0.3, -0.25) is 10.1 Å². The maximum atomic E-state index is 13.2. The predicted molar refractivity (Wildman–Crippen MR) is 110 cm³/mol. The van der Waals surface area contributed by atoms with E-state index in [9.17, 15) is 4.79 Å². The van der Waals surface area contributed by atoms with Gasteiger partial charge < -0.3 is 20.7 Å². The molecule has 1 amide bonds. The zero-order valence-electron chi connectivity index (χ0n) is 15.8. The standard InChI is InChI=1S/C20H22N6O2/c1-3-26-16-8-6-5-7-15(16)20(17(26)27)24-18(21)23-19(25-20)22-13-9-11-14(12-10-13)28-4-2/h5-12H,3-4H2,1-2H3,(H4,21,22,23,24,25)/t20-/m0/s1. The van der Waals surface area contributed by atoms with Crippen LogP contribution < -0.4 is 26.0 Å². The van der Waals surface area contributed by atoms with Crippen LogP contribution in [0.25, 0.3) is 0 Å². The van der Waals surface area contributed by atoms with E-state index in [0.29, 0.717) is 19.1 Å². The predicted octanol–water partition coefficient (Wildman–Crippen LogP) is 1.99. The van der Waals surface area contributed by atoms with E-state index in [1.807, 2.05) is 62.4 Å². The van der Waals surface area contributed by atoms with E-state index in [-0.39, 0.29) is 11.9 Å². The van der Waals surface area contributed by atoms with Crippen LogP contribution in [0.1, 0.15) is 19.4 Å². The van der Waals surface area contributed by atoms with E-state index in [2.05, 4.69) is 20.6 Å². The third-order valence-electron chi connectivity index (χ3n) is 4.66. The zero-order chi connectivity index (χ0) is 19.7. The van der Waals surface area contributed by atoms with Crippen molar-refractivity contribution in [3.63, 3.8) is 0 Å². The van der Waals surface area contributed by atoms with Gasteiger partial charge in [0.15, 0.2) is 5.96 Å². The minimum Gasteiger partial charge on any atom is -0.494 e. The molecule has 2 aromatic carbocycles. The fourth-order valence-electron chi connectivity index (χ4n) is 3.48. The summed E-state index contributed by atoms with van der Waals surface area (Å²) in [5, 5.41) is 6.07. The van der Waals surface area contributed by atoms with Crippen LogP contribution in [0.4, 0.5) is 11.4 Å². The Balaban J connectivity index is 1.71. The molecule has 0 radical (unpaired) electrons. The van der Waals surface area contributed by atoms with Crippen LogP contribution in [0, 0.1) is 0 Å². The summed E-state index contributed by atoms with van der Waals surface area (Å²) in [5.41, 5.74) is 6.93. The maximum absolute atomic E-state index is 13.2. The zero-order valence-corrected chi connectivity index (χ0v) is 15.8. The first-order valence-electron chi connectivity index (χ1n) is 9.21. The summed E-state index contributed by atoms with van der Waals surface area (Å²) in [6, 6.07) is 15.0. The number of carbonyl (C=O) groups excluding carboxylic acids is 1.